The minimum Gasteiger partial charge on any atom is -0.497 e. The van der Waals surface area contributed by atoms with Crippen molar-refractivity contribution in [1.29, 1.82) is 0 Å². The monoisotopic (exact) mass is 552 g/mol. The lowest BCUT2D eigenvalue weighted by Gasteiger charge is -2.32. The number of amides is 2. The van der Waals surface area contributed by atoms with Crippen LogP contribution in [-0.4, -0.2) is 40.6 Å². The Labute approximate surface area is 234 Å². The molecule has 10 nitrogen and oxygen atoms in total. The molecule has 3 rings (SSSR count). The molecular formula is C30H36N2O8. The Morgan fingerprint density at radius 3 is 1.30 bits per heavy atom. The van der Waals surface area contributed by atoms with Gasteiger partial charge in [-0.2, -0.15) is 4.90 Å². The molecule has 0 radical (unpaired) electrons. The summed E-state index contributed by atoms with van der Waals surface area (Å²) in [6.45, 7) is 6.74. The van der Waals surface area contributed by atoms with Crippen LogP contribution in [0.3, 0.4) is 0 Å². The molecule has 0 unspecified atom stereocenters. The number of carbonyl (C=O) groups is 2. The van der Waals surface area contributed by atoms with Crippen LogP contribution in [0, 0.1) is 0 Å². The molecule has 0 saturated heterocycles. The highest BCUT2D eigenvalue weighted by Gasteiger charge is 2.38. The van der Waals surface area contributed by atoms with Gasteiger partial charge in [-0.3, -0.25) is 0 Å². The third-order valence-corrected chi connectivity index (χ3v) is 6.32. The maximum atomic E-state index is 13.7. The molecule has 0 bridgehead atoms. The predicted octanol–water partition coefficient (Wildman–Crippen LogP) is 6.25. The largest absolute Gasteiger partial charge is 0.497 e. The van der Waals surface area contributed by atoms with Crippen molar-refractivity contribution < 1.29 is 38.0 Å². The van der Waals surface area contributed by atoms with Crippen LogP contribution in [0.4, 0.5) is 21.0 Å². The third-order valence-electron chi connectivity index (χ3n) is 6.32. The quantitative estimate of drug-likeness (QED) is 0.307. The summed E-state index contributed by atoms with van der Waals surface area (Å²) in [6, 6.07) is 16.7. The third kappa shape index (κ3) is 6.69. The fourth-order valence-electron chi connectivity index (χ4n) is 3.92. The van der Waals surface area contributed by atoms with E-state index in [0.717, 1.165) is 4.90 Å². The number of imide groups is 1. The standard InChI is InChI=1S/C30H36N2O8/c1-29(2,19-13-21(35-5)17-22(14-19)36-6)39-27(33)32(26-12-10-9-11-25(26)31)28(34)40-30(3,4)20-15-23(37-7)18-24(16-20)38-8/h9-18H,31H2,1-8H3. The first-order valence-electron chi connectivity index (χ1n) is 12.4. The van der Waals surface area contributed by atoms with E-state index < -0.39 is 23.4 Å². The van der Waals surface area contributed by atoms with E-state index in [1.807, 2.05) is 0 Å². The lowest BCUT2D eigenvalue weighted by molar-refractivity contribution is 0.0266. The zero-order chi connectivity index (χ0) is 29.7. The van der Waals surface area contributed by atoms with Crippen molar-refractivity contribution in [3.63, 3.8) is 0 Å². The number of carbonyl (C=O) groups excluding carboxylic acids is 2. The van der Waals surface area contributed by atoms with Crippen molar-refractivity contribution in [2.45, 2.75) is 38.9 Å². The number of benzene rings is 3. The average molecular weight is 553 g/mol. The Bertz CT molecular complexity index is 1240. The molecule has 0 atom stereocenters. The summed E-state index contributed by atoms with van der Waals surface area (Å²) in [5.41, 5.74) is 5.20. The van der Waals surface area contributed by atoms with E-state index in [-0.39, 0.29) is 11.4 Å². The van der Waals surface area contributed by atoms with Crippen molar-refractivity contribution in [3.05, 3.63) is 71.8 Å². The molecule has 214 valence electrons. The topological polar surface area (TPSA) is 119 Å². The molecule has 2 N–H and O–H groups in total. The number of para-hydroxylation sites is 2. The molecular weight excluding hydrogens is 516 g/mol. The molecule has 3 aromatic carbocycles. The van der Waals surface area contributed by atoms with Crippen LogP contribution in [0.25, 0.3) is 0 Å². The van der Waals surface area contributed by atoms with Crippen LogP contribution in [-0.2, 0) is 20.7 Å². The van der Waals surface area contributed by atoms with E-state index in [0.29, 0.717) is 34.1 Å². The van der Waals surface area contributed by atoms with Crippen molar-refractivity contribution in [1.82, 2.24) is 0 Å². The van der Waals surface area contributed by atoms with Gasteiger partial charge >= 0.3 is 12.2 Å². The molecule has 0 spiro atoms. The van der Waals surface area contributed by atoms with Crippen molar-refractivity contribution in [3.8, 4) is 23.0 Å². The van der Waals surface area contributed by atoms with E-state index in [4.69, 9.17) is 34.2 Å². The summed E-state index contributed by atoms with van der Waals surface area (Å²) in [4.78, 5) is 28.2. The highest BCUT2D eigenvalue weighted by Crippen LogP contribution is 2.36. The van der Waals surface area contributed by atoms with Gasteiger partial charge in [0.1, 0.15) is 34.2 Å². The molecule has 2 amide bonds. The van der Waals surface area contributed by atoms with Crippen LogP contribution in [0.5, 0.6) is 23.0 Å². The number of methoxy groups -OCH3 is 4. The number of nitrogens with two attached hydrogens (primary N) is 1. The van der Waals surface area contributed by atoms with E-state index >= 15 is 0 Å². The van der Waals surface area contributed by atoms with Gasteiger partial charge < -0.3 is 34.2 Å². The molecule has 0 heterocycles. The predicted molar refractivity (Wildman–Crippen MR) is 151 cm³/mol. The fraction of sp³-hybridized carbons (Fsp3) is 0.333. The first-order chi connectivity index (χ1) is 18.8. The molecule has 0 saturated carbocycles. The van der Waals surface area contributed by atoms with Gasteiger partial charge in [0.05, 0.1) is 39.8 Å². The Balaban J connectivity index is 1.99. The second-order valence-electron chi connectivity index (χ2n) is 9.85. The number of hydrogen-bond acceptors (Lipinski definition) is 9. The first-order valence-corrected chi connectivity index (χ1v) is 12.4. The van der Waals surface area contributed by atoms with Gasteiger partial charge in [0.15, 0.2) is 0 Å². The second kappa shape index (κ2) is 12.1. The highest BCUT2D eigenvalue weighted by molar-refractivity contribution is 6.11. The number of ether oxygens (including phenoxy) is 6. The Morgan fingerprint density at radius 2 is 0.975 bits per heavy atom. The van der Waals surface area contributed by atoms with E-state index in [2.05, 4.69) is 0 Å². The van der Waals surface area contributed by atoms with Crippen molar-refractivity contribution >= 4 is 23.6 Å². The van der Waals surface area contributed by atoms with Gasteiger partial charge in [-0.1, -0.05) is 12.1 Å². The van der Waals surface area contributed by atoms with Crippen LogP contribution in [0.1, 0.15) is 38.8 Å². The zero-order valence-electron chi connectivity index (χ0n) is 24.1. The summed E-state index contributed by atoms with van der Waals surface area (Å²) in [6.07, 6.45) is -1.98. The van der Waals surface area contributed by atoms with Gasteiger partial charge in [-0.15, -0.1) is 0 Å². The Kier molecular flexibility index (Phi) is 9.03. The SMILES string of the molecule is COc1cc(OC)cc(C(C)(C)OC(=O)N(C(=O)OC(C)(C)c2cc(OC)cc(OC)c2)c2ccccc2N)c1. The van der Waals surface area contributed by atoms with E-state index in [1.54, 1.807) is 82.3 Å². The summed E-state index contributed by atoms with van der Waals surface area (Å²) in [5, 5.41) is 0. The first kappa shape index (κ1) is 29.9. The van der Waals surface area contributed by atoms with Crippen LogP contribution >= 0.6 is 0 Å². The lowest BCUT2D eigenvalue weighted by Crippen LogP contribution is -2.44. The summed E-state index contributed by atoms with van der Waals surface area (Å²) in [7, 11) is 6.08. The normalized spacial score (nSPS) is 11.3. The maximum absolute atomic E-state index is 13.7. The highest BCUT2D eigenvalue weighted by atomic mass is 16.6. The summed E-state index contributed by atoms with van der Waals surface area (Å²) < 4.78 is 33.2. The Hall–Kier alpha value is -4.60. The minimum atomic E-state index is -1.21. The summed E-state index contributed by atoms with van der Waals surface area (Å²) >= 11 is 0. The van der Waals surface area contributed by atoms with E-state index in [9.17, 15) is 9.59 Å². The fourth-order valence-corrected chi connectivity index (χ4v) is 3.92. The smallest absolute Gasteiger partial charge is 0.424 e. The summed E-state index contributed by atoms with van der Waals surface area (Å²) in [5.74, 6) is 2.05. The minimum absolute atomic E-state index is 0.107. The number of rotatable bonds is 9. The van der Waals surface area contributed by atoms with Gasteiger partial charge in [0.25, 0.3) is 0 Å². The zero-order valence-corrected chi connectivity index (χ0v) is 24.1. The number of anilines is 2. The van der Waals surface area contributed by atoms with Crippen LogP contribution < -0.4 is 29.6 Å². The number of nitrogens with zero attached hydrogens (tertiary/aromatic N) is 1. The Morgan fingerprint density at radius 1 is 0.625 bits per heavy atom. The van der Waals surface area contributed by atoms with Gasteiger partial charge in [-0.05, 0) is 64.1 Å². The molecule has 0 fully saturated rings. The van der Waals surface area contributed by atoms with Crippen molar-refractivity contribution in [2.75, 3.05) is 39.1 Å². The molecule has 0 aromatic heterocycles. The molecule has 0 aliphatic heterocycles. The number of nitrogen functional groups attached to an aromatic ring is 1. The molecule has 10 heteroatoms. The van der Waals surface area contributed by atoms with Gasteiger partial charge in [0, 0.05) is 23.3 Å². The average Bonchev–Trinajstić information content (AvgIpc) is 2.92. The van der Waals surface area contributed by atoms with Crippen LogP contribution in [0.2, 0.25) is 0 Å². The molecule has 3 aromatic rings. The number of hydrogen-bond donors (Lipinski definition) is 1. The van der Waals surface area contributed by atoms with Gasteiger partial charge in [0.2, 0.25) is 0 Å². The van der Waals surface area contributed by atoms with Crippen molar-refractivity contribution in [2.24, 2.45) is 0 Å². The molecule has 0 aliphatic rings. The van der Waals surface area contributed by atoms with Crippen LogP contribution in [0.15, 0.2) is 60.7 Å². The van der Waals surface area contributed by atoms with E-state index in [1.165, 1.54) is 34.5 Å². The molecule has 40 heavy (non-hydrogen) atoms. The maximum Gasteiger partial charge on any atom is 0.424 e. The second-order valence-corrected chi connectivity index (χ2v) is 9.85. The van der Waals surface area contributed by atoms with Gasteiger partial charge in [-0.25, -0.2) is 9.59 Å². The molecule has 0 aliphatic carbocycles. The lowest BCUT2D eigenvalue weighted by atomic mass is 9.97.